The van der Waals surface area contributed by atoms with Crippen LogP contribution < -0.4 is 15.5 Å². The van der Waals surface area contributed by atoms with Gasteiger partial charge in [-0.15, -0.1) is 0 Å². The summed E-state index contributed by atoms with van der Waals surface area (Å²) < 4.78 is 11.3. The maximum Gasteiger partial charge on any atom is 0.249 e. The van der Waals surface area contributed by atoms with Crippen LogP contribution >= 0.6 is 0 Å². The summed E-state index contributed by atoms with van der Waals surface area (Å²) in [6, 6.07) is 2.32. The zero-order chi connectivity index (χ0) is 22.1. The van der Waals surface area contributed by atoms with Crippen molar-refractivity contribution >= 4 is 23.5 Å². The summed E-state index contributed by atoms with van der Waals surface area (Å²) in [5.41, 5.74) is -0.514. The van der Waals surface area contributed by atoms with Gasteiger partial charge in [-0.05, 0) is 13.3 Å². The Hall–Kier alpha value is -2.50. The van der Waals surface area contributed by atoms with Crippen LogP contribution in [0.1, 0.15) is 12.2 Å². The molecular weight excluding hydrogens is 414 g/mol. The van der Waals surface area contributed by atoms with E-state index in [1.165, 1.54) is 0 Å². The molecule has 0 aliphatic carbocycles. The van der Waals surface area contributed by atoms with Gasteiger partial charge in [-0.3, -0.25) is 14.5 Å². The monoisotopic (exact) mass is 445 g/mol. The van der Waals surface area contributed by atoms with Crippen LogP contribution in [0.5, 0.6) is 0 Å². The summed E-state index contributed by atoms with van der Waals surface area (Å²) in [6.07, 6.45) is 1.01. The van der Waals surface area contributed by atoms with Crippen molar-refractivity contribution in [2.75, 3.05) is 82.5 Å². The van der Waals surface area contributed by atoms with Crippen LogP contribution in [-0.2, 0) is 19.1 Å². The molecule has 32 heavy (non-hydrogen) atoms. The van der Waals surface area contributed by atoms with E-state index >= 15 is 0 Å². The third-order valence-electron chi connectivity index (χ3n) is 6.79. The largest absolute Gasteiger partial charge is 0.377 e. The average Bonchev–Trinajstić information content (AvgIpc) is 3.28. The number of rotatable bonds is 5. The highest BCUT2D eigenvalue weighted by Crippen LogP contribution is 2.27. The van der Waals surface area contributed by atoms with E-state index in [0.717, 1.165) is 37.7 Å². The molecule has 2 unspecified atom stereocenters. The van der Waals surface area contributed by atoms with Gasteiger partial charge in [0.2, 0.25) is 11.8 Å². The molecule has 11 nitrogen and oxygen atoms in total. The van der Waals surface area contributed by atoms with Crippen molar-refractivity contribution in [1.29, 1.82) is 0 Å². The van der Waals surface area contributed by atoms with Gasteiger partial charge in [-0.25, -0.2) is 9.97 Å². The number of carbonyl (C=O) groups excluding carboxylic acids is 2. The smallest absolute Gasteiger partial charge is 0.249 e. The molecular formula is C21H31N7O4. The second-order valence-corrected chi connectivity index (χ2v) is 9.04. The van der Waals surface area contributed by atoms with E-state index in [1.54, 1.807) is 0 Å². The molecule has 4 aliphatic rings. The summed E-state index contributed by atoms with van der Waals surface area (Å²) >= 11 is 0. The first-order valence-electron chi connectivity index (χ1n) is 11.3. The molecule has 0 bridgehead atoms. The van der Waals surface area contributed by atoms with Crippen molar-refractivity contribution in [2.24, 2.45) is 0 Å². The number of fused-ring (bicyclic) bond motifs is 1. The normalized spacial score (nSPS) is 29.1. The SMILES string of the molecule is Cc1nc(NCC23COCCN2C(=O)COC3)cc(N2CCC(N3CCNC(=O)C3)C2)n1. The maximum atomic E-state index is 12.4. The van der Waals surface area contributed by atoms with Crippen molar-refractivity contribution in [2.45, 2.75) is 24.9 Å². The van der Waals surface area contributed by atoms with Crippen LogP contribution in [0.3, 0.4) is 0 Å². The van der Waals surface area contributed by atoms with Gasteiger partial charge in [-0.2, -0.15) is 0 Å². The van der Waals surface area contributed by atoms with Crippen molar-refractivity contribution in [3.05, 3.63) is 11.9 Å². The van der Waals surface area contributed by atoms with Crippen molar-refractivity contribution in [1.82, 2.24) is 25.1 Å². The molecule has 2 atom stereocenters. The summed E-state index contributed by atoms with van der Waals surface area (Å²) in [7, 11) is 0. The quantitative estimate of drug-likeness (QED) is 0.579. The Morgan fingerprint density at radius 1 is 1.22 bits per heavy atom. The van der Waals surface area contributed by atoms with E-state index in [9.17, 15) is 9.59 Å². The molecule has 2 amide bonds. The highest BCUT2D eigenvalue weighted by Gasteiger charge is 2.45. The molecule has 0 spiro atoms. The fourth-order valence-corrected chi connectivity index (χ4v) is 5.12. The van der Waals surface area contributed by atoms with Gasteiger partial charge in [0.1, 0.15) is 29.6 Å². The lowest BCUT2D eigenvalue weighted by Crippen LogP contribution is -2.68. The molecule has 4 aliphatic heterocycles. The van der Waals surface area contributed by atoms with Crippen LogP contribution in [-0.4, -0.2) is 115 Å². The Labute approximate surface area is 187 Å². The minimum absolute atomic E-state index is 0.00964. The Bertz CT molecular complexity index is 880. The number of nitrogens with zero attached hydrogens (tertiary/aromatic N) is 5. The molecule has 0 radical (unpaired) electrons. The van der Waals surface area contributed by atoms with Gasteiger partial charge in [0.15, 0.2) is 0 Å². The van der Waals surface area contributed by atoms with E-state index in [-0.39, 0.29) is 18.4 Å². The van der Waals surface area contributed by atoms with Crippen molar-refractivity contribution in [3.8, 4) is 0 Å². The molecule has 4 fully saturated rings. The molecule has 1 aromatic rings. The van der Waals surface area contributed by atoms with Gasteiger partial charge in [0, 0.05) is 51.4 Å². The van der Waals surface area contributed by atoms with Crippen LogP contribution in [0.2, 0.25) is 0 Å². The Morgan fingerprint density at radius 2 is 2.09 bits per heavy atom. The van der Waals surface area contributed by atoms with Crippen molar-refractivity contribution < 1.29 is 19.1 Å². The lowest BCUT2D eigenvalue weighted by atomic mass is 9.96. The Morgan fingerprint density at radius 3 is 2.97 bits per heavy atom. The number of aromatic nitrogens is 2. The highest BCUT2D eigenvalue weighted by molar-refractivity contribution is 5.79. The summed E-state index contributed by atoms with van der Waals surface area (Å²) in [5, 5.41) is 6.31. The molecule has 0 saturated carbocycles. The molecule has 11 heteroatoms. The van der Waals surface area contributed by atoms with E-state index in [1.807, 2.05) is 17.9 Å². The number of morpholine rings is 2. The zero-order valence-corrected chi connectivity index (χ0v) is 18.5. The van der Waals surface area contributed by atoms with Crippen LogP contribution in [0.4, 0.5) is 11.6 Å². The first-order valence-corrected chi connectivity index (χ1v) is 11.3. The summed E-state index contributed by atoms with van der Waals surface area (Å²) in [5.74, 6) is 2.41. The second kappa shape index (κ2) is 8.80. The van der Waals surface area contributed by atoms with Gasteiger partial charge in [0.05, 0.1) is 26.4 Å². The molecule has 2 N–H and O–H groups in total. The zero-order valence-electron chi connectivity index (χ0n) is 18.5. The number of aryl methyl sites for hydroxylation is 1. The predicted octanol–water partition coefficient (Wildman–Crippen LogP) is -1.16. The first kappa shape index (κ1) is 21.4. The van der Waals surface area contributed by atoms with E-state index in [2.05, 4.69) is 30.4 Å². The third-order valence-corrected chi connectivity index (χ3v) is 6.79. The Balaban J connectivity index is 1.26. The van der Waals surface area contributed by atoms with E-state index in [0.29, 0.717) is 57.9 Å². The lowest BCUT2D eigenvalue weighted by molar-refractivity contribution is -0.174. The minimum Gasteiger partial charge on any atom is -0.377 e. The Kier molecular flexibility index (Phi) is 5.87. The average molecular weight is 446 g/mol. The molecule has 0 aromatic carbocycles. The molecule has 1 aromatic heterocycles. The molecule has 5 heterocycles. The molecule has 174 valence electrons. The number of carbonyl (C=O) groups is 2. The summed E-state index contributed by atoms with van der Waals surface area (Å²) in [6.45, 7) is 8.36. The second-order valence-electron chi connectivity index (χ2n) is 9.04. The standard InChI is InChI=1S/C21H31N7O4/c1-15-24-17(23-12-21-13-31-7-6-28(21)20(30)11-32-14-21)8-18(25-15)27-4-2-16(9-27)26-5-3-22-19(29)10-26/h8,16H,2-7,9-14H2,1H3,(H,22,29)(H,23,24,25). The van der Waals surface area contributed by atoms with E-state index < -0.39 is 5.54 Å². The lowest BCUT2D eigenvalue weighted by Gasteiger charge is -2.49. The number of nitrogens with one attached hydrogen (secondary N) is 2. The molecule has 5 rings (SSSR count). The van der Waals surface area contributed by atoms with Crippen LogP contribution in [0.25, 0.3) is 0 Å². The fourth-order valence-electron chi connectivity index (χ4n) is 5.12. The maximum absolute atomic E-state index is 12.4. The topological polar surface area (TPSA) is 112 Å². The van der Waals surface area contributed by atoms with Gasteiger partial charge in [0.25, 0.3) is 0 Å². The van der Waals surface area contributed by atoms with Crippen LogP contribution in [0, 0.1) is 6.92 Å². The van der Waals surface area contributed by atoms with Gasteiger partial charge < -0.3 is 29.9 Å². The van der Waals surface area contributed by atoms with Crippen molar-refractivity contribution in [3.63, 3.8) is 0 Å². The van der Waals surface area contributed by atoms with Gasteiger partial charge in [-0.1, -0.05) is 0 Å². The first-order chi connectivity index (χ1) is 15.5. The predicted molar refractivity (Wildman–Crippen MR) is 117 cm³/mol. The fraction of sp³-hybridized carbons (Fsp3) is 0.714. The number of amides is 2. The number of hydrogen-bond acceptors (Lipinski definition) is 9. The van der Waals surface area contributed by atoms with Crippen LogP contribution in [0.15, 0.2) is 6.07 Å². The van der Waals surface area contributed by atoms with E-state index in [4.69, 9.17) is 9.47 Å². The van der Waals surface area contributed by atoms with Gasteiger partial charge >= 0.3 is 0 Å². The number of ether oxygens (including phenoxy) is 2. The highest BCUT2D eigenvalue weighted by atomic mass is 16.5. The summed E-state index contributed by atoms with van der Waals surface area (Å²) in [4.78, 5) is 39.8. The minimum atomic E-state index is -0.514. The number of hydrogen-bond donors (Lipinski definition) is 2. The number of anilines is 2. The third kappa shape index (κ3) is 4.24. The number of piperazine rings is 1. The molecule has 4 saturated heterocycles.